The van der Waals surface area contributed by atoms with Crippen molar-refractivity contribution in [3.05, 3.63) is 118 Å². The summed E-state index contributed by atoms with van der Waals surface area (Å²) in [5.41, 5.74) is 8.76. The van der Waals surface area contributed by atoms with Crippen LogP contribution in [0.2, 0.25) is 0 Å². The highest BCUT2D eigenvalue weighted by Crippen LogP contribution is 2.51. The highest BCUT2D eigenvalue weighted by molar-refractivity contribution is 7.42. The number of hydrogen-bond acceptors (Lipinski definition) is 3. The minimum Gasteiger partial charge on any atom is -0.471 e. The minimum absolute atomic E-state index is 0.0860. The van der Waals surface area contributed by atoms with Crippen LogP contribution in [0.15, 0.2) is 84.9 Å². The molecule has 0 heterocycles. The quantitative estimate of drug-likeness (QED) is 0.149. The van der Waals surface area contributed by atoms with Gasteiger partial charge in [-0.05, 0) is 98.9 Å². The second-order valence-electron chi connectivity index (χ2n) is 18.2. The van der Waals surface area contributed by atoms with Gasteiger partial charge in [-0.15, -0.1) is 0 Å². The van der Waals surface area contributed by atoms with Gasteiger partial charge in [-0.1, -0.05) is 138 Å². The third-order valence-corrected chi connectivity index (χ3v) is 10.8. The lowest BCUT2D eigenvalue weighted by Crippen LogP contribution is -2.19. The Kier molecular flexibility index (Phi) is 11.1. The predicted molar refractivity (Wildman–Crippen MR) is 225 cm³/mol. The van der Waals surface area contributed by atoms with E-state index in [4.69, 9.17) is 13.6 Å². The van der Waals surface area contributed by atoms with Gasteiger partial charge in [0.2, 0.25) is 0 Å². The molecule has 270 valence electrons. The van der Waals surface area contributed by atoms with Gasteiger partial charge in [0.1, 0.15) is 26.1 Å². The number of rotatable bonds is 8. The van der Waals surface area contributed by atoms with Crippen LogP contribution in [0.4, 0.5) is 0 Å². The second kappa shape index (κ2) is 14.6. The van der Waals surface area contributed by atoms with Crippen LogP contribution in [0.25, 0.3) is 21.9 Å². The summed E-state index contributed by atoms with van der Waals surface area (Å²) in [5, 5.41) is 3.62. The molecule has 0 aliphatic carbocycles. The standard InChI is InChI=1S/C46H58O3P2/c1-29-21-30(2)23-35(22-29)47-51-49-42-38(26-34(44(6,7)8)28-40(42)46(12,13)14)37-25-33(43(3,4)5)27-39(45(9,10)11)41(37)48-50-36-20-19-31-17-15-16-18-32(31)24-36/h15-28,50-51H,1-14H3. The molecule has 2 unspecified atom stereocenters. The van der Waals surface area contributed by atoms with Gasteiger partial charge in [0.25, 0.3) is 9.03 Å². The Labute approximate surface area is 311 Å². The summed E-state index contributed by atoms with van der Waals surface area (Å²) in [5.74, 6) is 2.58. The molecule has 0 aliphatic heterocycles. The van der Waals surface area contributed by atoms with Gasteiger partial charge in [-0.3, -0.25) is 0 Å². The zero-order valence-corrected chi connectivity index (χ0v) is 35.3. The minimum atomic E-state index is -0.221. The van der Waals surface area contributed by atoms with Crippen LogP contribution < -0.4 is 18.9 Å². The van der Waals surface area contributed by atoms with Crippen LogP contribution in [0.1, 0.15) is 116 Å². The molecular weight excluding hydrogens is 662 g/mol. The predicted octanol–water partition coefficient (Wildman–Crippen LogP) is 13.6. The van der Waals surface area contributed by atoms with Crippen molar-refractivity contribution in [2.45, 2.75) is 119 Å². The number of hydrogen-bond donors (Lipinski definition) is 0. The van der Waals surface area contributed by atoms with E-state index in [0.717, 1.165) is 39.2 Å². The first-order valence-electron chi connectivity index (χ1n) is 18.1. The summed E-state index contributed by atoms with van der Waals surface area (Å²) in [6.45, 7) is 31.6. The molecule has 5 aromatic carbocycles. The number of fused-ring (bicyclic) bond motifs is 1. The Morgan fingerprint density at radius 2 is 0.941 bits per heavy atom. The van der Waals surface area contributed by atoms with Crippen molar-refractivity contribution in [2.24, 2.45) is 0 Å². The molecule has 0 bridgehead atoms. The molecule has 0 N–H and O–H groups in total. The van der Waals surface area contributed by atoms with Gasteiger partial charge in [0, 0.05) is 27.6 Å². The lowest BCUT2D eigenvalue weighted by atomic mass is 9.75. The highest BCUT2D eigenvalue weighted by atomic mass is 31.1. The summed E-state index contributed by atoms with van der Waals surface area (Å²) >= 11 is 0. The third kappa shape index (κ3) is 9.35. The second-order valence-corrected chi connectivity index (χ2v) is 19.7. The van der Waals surface area contributed by atoms with Gasteiger partial charge < -0.3 is 13.6 Å². The van der Waals surface area contributed by atoms with E-state index in [-0.39, 0.29) is 39.5 Å². The van der Waals surface area contributed by atoms with Gasteiger partial charge in [0.15, 0.2) is 0 Å². The maximum Gasteiger partial charge on any atom is 0.275 e. The van der Waals surface area contributed by atoms with E-state index in [1.807, 2.05) is 0 Å². The summed E-state index contributed by atoms with van der Waals surface area (Å²) < 4.78 is 20.3. The summed E-state index contributed by atoms with van der Waals surface area (Å²) in [6.07, 6.45) is 0. The van der Waals surface area contributed by atoms with Crippen molar-refractivity contribution >= 4 is 33.9 Å². The van der Waals surface area contributed by atoms with E-state index in [9.17, 15) is 0 Å². The van der Waals surface area contributed by atoms with E-state index in [0.29, 0.717) is 0 Å². The van der Waals surface area contributed by atoms with Crippen molar-refractivity contribution in [2.75, 3.05) is 0 Å². The maximum absolute atomic E-state index is 7.10. The zero-order chi connectivity index (χ0) is 37.5. The molecule has 2 atom stereocenters. The SMILES string of the molecule is Cc1cc(C)cc(OPOc2c(-c3cc(C(C)(C)C)cc(C(C)(C)C)c3OPc3ccc4ccccc4c3)cc(C(C)(C)C)cc2C(C)(C)C)c1. The first kappa shape index (κ1) is 38.8. The van der Waals surface area contributed by atoms with Crippen molar-refractivity contribution < 1.29 is 13.6 Å². The first-order chi connectivity index (χ1) is 23.6. The maximum atomic E-state index is 7.10. The molecule has 0 aromatic heterocycles. The van der Waals surface area contributed by atoms with E-state index in [2.05, 4.69) is 182 Å². The number of aryl methyl sites for hydroxylation is 2. The molecule has 3 nitrogen and oxygen atoms in total. The van der Waals surface area contributed by atoms with Crippen molar-refractivity contribution in [1.29, 1.82) is 0 Å². The highest BCUT2D eigenvalue weighted by Gasteiger charge is 2.32. The molecule has 0 radical (unpaired) electrons. The topological polar surface area (TPSA) is 27.7 Å². The Balaban J connectivity index is 1.76. The van der Waals surface area contributed by atoms with Crippen LogP contribution >= 0.6 is 17.8 Å². The summed E-state index contributed by atoms with van der Waals surface area (Å²) in [6, 6.07) is 30.9. The fourth-order valence-electron chi connectivity index (χ4n) is 6.32. The Morgan fingerprint density at radius 1 is 0.451 bits per heavy atom. The smallest absolute Gasteiger partial charge is 0.275 e. The molecule has 51 heavy (non-hydrogen) atoms. The monoisotopic (exact) mass is 720 g/mol. The molecule has 0 amide bonds. The molecule has 0 aliphatic rings. The van der Waals surface area contributed by atoms with Crippen molar-refractivity contribution in [3.8, 4) is 28.4 Å². The fourth-order valence-corrected chi connectivity index (χ4v) is 7.69. The van der Waals surface area contributed by atoms with E-state index in [1.54, 1.807) is 0 Å². The lowest BCUT2D eigenvalue weighted by molar-refractivity contribution is 0.490. The average Bonchev–Trinajstić information content (AvgIpc) is 3.01. The third-order valence-electron chi connectivity index (χ3n) is 9.33. The summed E-state index contributed by atoms with van der Waals surface area (Å²) in [4.78, 5) is 0. The molecular formula is C46H58O3P2. The van der Waals surface area contributed by atoms with Gasteiger partial charge >= 0.3 is 0 Å². The van der Waals surface area contributed by atoms with E-state index in [1.165, 1.54) is 38.6 Å². The largest absolute Gasteiger partial charge is 0.471 e. The van der Waals surface area contributed by atoms with Gasteiger partial charge in [0.05, 0.1) is 0 Å². The average molecular weight is 721 g/mol. The molecule has 0 saturated heterocycles. The Morgan fingerprint density at radius 3 is 1.43 bits per heavy atom. The zero-order valence-electron chi connectivity index (χ0n) is 33.3. The molecule has 0 spiro atoms. The van der Waals surface area contributed by atoms with Crippen LogP contribution in [-0.2, 0) is 21.7 Å². The van der Waals surface area contributed by atoms with Crippen LogP contribution in [0.3, 0.4) is 0 Å². The fraction of sp³-hybridized carbons (Fsp3) is 0.391. The first-order valence-corrected chi connectivity index (χ1v) is 19.8. The number of benzene rings is 5. The Bertz CT molecular complexity index is 2010. The van der Waals surface area contributed by atoms with Gasteiger partial charge in [-0.2, -0.15) is 0 Å². The van der Waals surface area contributed by atoms with Crippen molar-refractivity contribution in [3.63, 3.8) is 0 Å². The van der Waals surface area contributed by atoms with Gasteiger partial charge in [-0.25, -0.2) is 0 Å². The van der Waals surface area contributed by atoms with E-state index < -0.39 is 0 Å². The van der Waals surface area contributed by atoms with Crippen molar-refractivity contribution in [1.82, 2.24) is 0 Å². The molecule has 5 aromatic rings. The van der Waals surface area contributed by atoms with Crippen LogP contribution in [0.5, 0.6) is 17.2 Å². The molecule has 5 rings (SSSR count). The van der Waals surface area contributed by atoms with Crippen LogP contribution in [-0.4, -0.2) is 0 Å². The molecule has 0 saturated carbocycles. The lowest BCUT2D eigenvalue weighted by Gasteiger charge is -2.32. The normalized spacial score (nSPS) is 13.1. The molecule has 0 fully saturated rings. The molecule has 5 heteroatoms. The Hall–Kier alpha value is -3.38. The van der Waals surface area contributed by atoms with Crippen LogP contribution in [0, 0.1) is 13.8 Å². The van der Waals surface area contributed by atoms with E-state index >= 15 is 0 Å². The summed E-state index contributed by atoms with van der Waals surface area (Å²) in [7, 11) is -0.0901.